The Balaban J connectivity index is 1.50. The molecule has 2 saturated heterocycles. The van der Waals surface area contributed by atoms with Crippen LogP contribution in [-0.2, 0) is 19.6 Å². The van der Waals surface area contributed by atoms with E-state index in [0.29, 0.717) is 51.7 Å². The fourth-order valence-electron chi connectivity index (χ4n) is 3.40. The van der Waals surface area contributed by atoms with Gasteiger partial charge in [0.2, 0.25) is 10.0 Å². The first kappa shape index (κ1) is 20.1. The molecule has 27 heavy (non-hydrogen) atoms. The Bertz CT molecular complexity index is 731. The number of carbonyl (C=O) groups is 1. The molecule has 3 rings (SSSR count). The number of aliphatic carboxylic acids is 1. The Morgan fingerprint density at radius 2 is 1.89 bits per heavy atom. The standard InChI is InChI=1S/C18H26N2O6S/c21-18(22)15-2-1-7-19(14-15)8-13-26-16-3-5-17(6-4-16)27(23,24)20-9-11-25-12-10-20/h3-6,15H,1-2,7-14H2,(H,21,22). The third kappa shape index (κ3) is 5.19. The molecule has 1 N–H and O–H groups in total. The van der Waals surface area contributed by atoms with E-state index in [-0.39, 0.29) is 10.8 Å². The van der Waals surface area contributed by atoms with Gasteiger partial charge in [0, 0.05) is 26.2 Å². The maximum absolute atomic E-state index is 12.6. The van der Waals surface area contributed by atoms with Crippen molar-refractivity contribution in [3.63, 3.8) is 0 Å². The van der Waals surface area contributed by atoms with Crippen molar-refractivity contribution >= 4 is 16.0 Å². The number of rotatable bonds is 7. The average Bonchev–Trinajstić information content (AvgIpc) is 2.69. The smallest absolute Gasteiger partial charge is 0.307 e. The molecule has 0 aliphatic carbocycles. The molecule has 0 bridgehead atoms. The zero-order valence-electron chi connectivity index (χ0n) is 15.2. The maximum Gasteiger partial charge on any atom is 0.307 e. The van der Waals surface area contributed by atoms with Crippen LogP contribution in [0.4, 0.5) is 0 Å². The number of nitrogens with zero attached hydrogens (tertiary/aromatic N) is 2. The summed E-state index contributed by atoms with van der Waals surface area (Å²) in [7, 11) is -3.50. The second-order valence-corrected chi connectivity index (χ2v) is 8.75. The molecule has 150 valence electrons. The Hall–Kier alpha value is -1.68. The molecule has 2 aliphatic rings. The second kappa shape index (κ2) is 9.01. The highest BCUT2D eigenvalue weighted by Gasteiger charge is 2.26. The molecular weight excluding hydrogens is 372 g/mol. The van der Waals surface area contributed by atoms with Gasteiger partial charge in [-0.2, -0.15) is 4.31 Å². The summed E-state index contributed by atoms with van der Waals surface area (Å²) in [5.41, 5.74) is 0. The minimum absolute atomic E-state index is 0.247. The minimum atomic E-state index is -3.50. The number of hydrogen-bond donors (Lipinski definition) is 1. The lowest BCUT2D eigenvalue weighted by Crippen LogP contribution is -2.40. The Kier molecular flexibility index (Phi) is 6.69. The van der Waals surface area contributed by atoms with Crippen LogP contribution in [0.2, 0.25) is 0 Å². The number of carboxylic acid groups (broad SMARTS) is 1. The fraction of sp³-hybridized carbons (Fsp3) is 0.611. The van der Waals surface area contributed by atoms with Crippen LogP contribution >= 0.6 is 0 Å². The molecule has 2 fully saturated rings. The Morgan fingerprint density at radius 1 is 1.19 bits per heavy atom. The average molecular weight is 398 g/mol. The molecule has 8 nitrogen and oxygen atoms in total. The van der Waals surface area contributed by atoms with Gasteiger partial charge in [-0.3, -0.25) is 9.69 Å². The van der Waals surface area contributed by atoms with Gasteiger partial charge in [0.1, 0.15) is 12.4 Å². The third-order valence-electron chi connectivity index (χ3n) is 4.96. The van der Waals surface area contributed by atoms with Gasteiger partial charge in [-0.15, -0.1) is 0 Å². The molecule has 0 radical (unpaired) electrons. The van der Waals surface area contributed by atoms with Crippen LogP contribution in [0.25, 0.3) is 0 Å². The molecule has 0 aromatic heterocycles. The fourth-order valence-corrected chi connectivity index (χ4v) is 4.80. The van der Waals surface area contributed by atoms with E-state index in [4.69, 9.17) is 14.6 Å². The number of carboxylic acids is 1. The van der Waals surface area contributed by atoms with Gasteiger partial charge in [-0.05, 0) is 43.7 Å². The van der Waals surface area contributed by atoms with Gasteiger partial charge in [-0.25, -0.2) is 8.42 Å². The van der Waals surface area contributed by atoms with Gasteiger partial charge in [0.25, 0.3) is 0 Å². The largest absolute Gasteiger partial charge is 0.492 e. The molecule has 2 heterocycles. The Morgan fingerprint density at radius 3 is 2.56 bits per heavy atom. The number of ether oxygens (including phenoxy) is 2. The van der Waals surface area contributed by atoms with Crippen molar-refractivity contribution in [3.05, 3.63) is 24.3 Å². The molecule has 2 aliphatic heterocycles. The van der Waals surface area contributed by atoms with Crippen molar-refractivity contribution in [2.45, 2.75) is 17.7 Å². The number of likely N-dealkylation sites (tertiary alicyclic amines) is 1. The molecule has 1 aromatic carbocycles. The van der Waals surface area contributed by atoms with Gasteiger partial charge in [0.15, 0.2) is 0 Å². The zero-order valence-corrected chi connectivity index (χ0v) is 16.1. The van der Waals surface area contributed by atoms with E-state index < -0.39 is 16.0 Å². The van der Waals surface area contributed by atoms with Crippen LogP contribution < -0.4 is 4.74 Å². The molecule has 1 atom stereocenters. The highest BCUT2D eigenvalue weighted by atomic mass is 32.2. The number of piperidine rings is 1. The van der Waals surface area contributed by atoms with Crippen molar-refractivity contribution in [1.29, 1.82) is 0 Å². The van der Waals surface area contributed by atoms with Gasteiger partial charge in [-0.1, -0.05) is 0 Å². The zero-order chi connectivity index (χ0) is 19.3. The van der Waals surface area contributed by atoms with Crippen molar-refractivity contribution in [1.82, 2.24) is 9.21 Å². The summed E-state index contributed by atoms with van der Waals surface area (Å²) in [5, 5.41) is 9.13. The minimum Gasteiger partial charge on any atom is -0.492 e. The maximum atomic E-state index is 12.6. The van der Waals surface area contributed by atoms with Crippen LogP contribution in [0.5, 0.6) is 5.75 Å². The molecule has 1 unspecified atom stereocenters. The first-order chi connectivity index (χ1) is 13.0. The number of hydrogen-bond acceptors (Lipinski definition) is 6. The summed E-state index contributed by atoms with van der Waals surface area (Å²) < 4.78 is 37.5. The predicted molar refractivity (Wildman–Crippen MR) is 98.3 cm³/mol. The van der Waals surface area contributed by atoms with E-state index in [1.54, 1.807) is 24.3 Å². The van der Waals surface area contributed by atoms with Crippen molar-refractivity contribution in [3.8, 4) is 5.75 Å². The normalized spacial score (nSPS) is 22.4. The molecule has 1 aromatic rings. The first-order valence-corrected chi connectivity index (χ1v) is 10.7. The van der Waals surface area contributed by atoms with Crippen LogP contribution in [0, 0.1) is 5.92 Å². The van der Waals surface area contributed by atoms with Gasteiger partial charge in [0.05, 0.1) is 24.0 Å². The monoisotopic (exact) mass is 398 g/mol. The van der Waals surface area contributed by atoms with Gasteiger partial charge < -0.3 is 14.6 Å². The second-order valence-electron chi connectivity index (χ2n) is 6.81. The molecule has 0 spiro atoms. The summed E-state index contributed by atoms with van der Waals surface area (Å²) >= 11 is 0. The predicted octanol–water partition coefficient (Wildman–Crippen LogP) is 0.883. The van der Waals surface area contributed by atoms with E-state index in [1.165, 1.54) is 4.31 Å². The van der Waals surface area contributed by atoms with Crippen molar-refractivity contribution in [2.75, 3.05) is 52.5 Å². The van der Waals surface area contributed by atoms with E-state index in [2.05, 4.69) is 4.90 Å². The summed E-state index contributed by atoms with van der Waals surface area (Å²) in [6.45, 7) is 4.08. The summed E-state index contributed by atoms with van der Waals surface area (Å²) in [6.07, 6.45) is 1.61. The van der Waals surface area contributed by atoms with Crippen molar-refractivity contribution in [2.24, 2.45) is 5.92 Å². The highest BCUT2D eigenvalue weighted by molar-refractivity contribution is 7.89. The lowest BCUT2D eigenvalue weighted by molar-refractivity contribution is -0.143. The van der Waals surface area contributed by atoms with E-state index >= 15 is 0 Å². The number of morpholine rings is 1. The van der Waals surface area contributed by atoms with Crippen LogP contribution in [0.3, 0.4) is 0 Å². The van der Waals surface area contributed by atoms with E-state index in [0.717, 1.165) is 19.4 Å². The summed E-state index contributed by atoms with van der Waals surface area (Å²) in [6, 6.07) is 6.43. The van der Waals surface area contributed by atoms with Gasteiger partial charge >= 0.3 is 5.97 Å². The molecule has 0 amide bonds. The lowest BCUT2D eigenvalue weighted by Gasteiger charge is -2.30. The molecule has 9 heteroatoms. The molecule has 0 saturated carbocycles. The molecular formula is C18H26N2O6S. The van der Waals surface area contributed by atoms with Crippen molar-refractivity contribution < 1.29 is 27.8 Å². The SMILES string of the molecule is O=C(O)C1CCCN(CCOc2ccc(S(=O)(=O)N3CCOCC3)cc2)C1. The quantitative estimate of drug-likeness (QED) is 0.728. The number of benzene rings is 1. The third-order valence-corrected chi connectivity index (χ3v) is 6.88. The summed E-state index contributed by atoms with van der Waals surface area (Å²) in [4.78, 5) is 13.4. The first-order valence-electron chi connectivity index (χ1n) is 9.23. The van der Waals surface area contributed by atoms with Crippen LogP contribution in [-0.4, -0.2) is 81.2 Å². The van der Waals surface area contributed by atoms with Crippen LogP contribution in [0.1, 0.15) is 12.8 Å². The summed E-state index contributed by atoms with van der Waals surface area (Å²) in [5.74, 6) is -0.441. The highest BCUT2D eigenvalue weighted by Crippen LogP contribution is 2.21. The lowest BCUT2D eigenvalue weighted by atomic mass is 9.98. The Labute approximate surface area is 159 Å². The number of sulfonamides is 1. The topological polar surface area (TPSA) is 96.4 Å². The van der Waals surface area contributed by atoms with E-state index in [9.17, 15) is 13.2 Å². The van der Waals surface area contributed by atoms with Crippen LogP contribution in [0.15, 0.2) is 29.2 Å². The van der Waals surface area contributed by atoms with E-state index in [1.807, 2.05) is 0 Å².